The van der Waals surface area contributed by atoms with E-state index in [0.717, 1.165) is 28.1 Å². The van der Waals surface area contributed by atoms with Crippen LogP contribution in [0.25, 0.3) is 17.0 Å². The van der Waals surface area contributed by atoms with Crippen LogP contribution in [0.2, 0.25) is 0 Å². The Balaban J connectivity index is 1.67. The van der Waals surface area contributed by atoms with Gasteiger partial charge in [-0.05, 0) is 73.9 Å². The molecule has 1 aromatic heterocycles. The molecule has 34 heavy (non-hydrogen) atoms. The molecule has 5 rings (SSSR count). The van der Waals surface area contributed by atoms with Crippen molar-refractivity contribution in [2.75, 3.05) is 4.90 Å². The second-order valence-electron chi connectivity index (χ2n) is 8.33. The molecule has 1 atom stereocenters. The van der Waals surface area contributed by atoms with Gasteiger partial charge in [-0.1, -0.05) is 53.7 Å². The second kappa shape index (κ2) is 8.83. The normalized spacial score (nSPS) is 16.1. The number of rotatable bonds is 4. The van der Waals surface area contributed by atoms with Gasteiger partial charge in [0.15, 0.2) is 5.11 Å². The minimum atomic E-state index is -0.307. The number of hydrogen-bond donors (Lipinski definition) is 1. The van der Waals surface area contributed by atoms with Crippen molar-refractivity contribution in [2.45, 2.75) is 26.8 Å². The average Bonchev–Trinajstić information content (AvgIpc) is 3.32. The van der Waals surface area contributed by atoms with Crippen molar-refractivity contribution in [1.82, 2.24) is 15.5 Å². The fourth-order valence-electron chi connectivity index (χ4n) is 4.15. The molecule has 0 fully saturated rings. The molecule has 0 spiro atoms. The van der Waals surface area contributed by atoms with E-state index in [9.17, 15) is 4.39 Å². The van der Waals surface area contributed by atoms with E-state index in [1.165, 1.54) is 23.3 Å². The van der Waals surface area contributed by atoms with Crippen molar-refractivity contribution in [2.24, 2.45) is 0 Å². The number of anilines is 1. The second-order valence-corrected chi connectivity index (χ2v) is 8.71. The molecule has 0 radical (unpaired) electrons. The van der Waals surface area contributed by atoms with Crippen LogP contribution in [0.4, 0.5) is 10.1 Å². The highest BCUT2D eigenvalue weighted by Gasteiger charge is 2.35. The van der Waals surface area contributed by atoms with Gasteiger partial charge < -0.3 is 9.84 Å². The maximum absolute atomic E-state index is 13.6. The molecule has 5 nitrogen and oxygen atoms in total. The Bertz CT molecular complexity index is 1400. The van der Waals surface area contributed by atoms with Gasteiger partial charge in [0.1, 0.15) is 5.82 Å². The molecule has 1 unspecified atom stereocenters. The van der Waals surface area contributed by atoms with Gasteiger partial charge in [0.05, 0.1) is 11.6 Å². The fourth-order valence-corrected chi connectivity index (χ4v) is 4.51. The predicted molar refractivity (Wildman–Crippen MR) is 136 cm³/mol. The van der Waals surface area contributed by atoms with Crippen LogP contribution in [0, 0.1) is 19.7 Å². The van der Waals surface area contributed by atoms with Crippen LogP contribution in [0.15, 0.2) is 83.0 Å². The third-order valence-corrected chi connectivity index (χ3v) is 6.42. The molecule has 0 bridgehead atoms. The standard InChI is InChI=1S/C27H23FN4OS/c1-16-9-10-20(15-17(16)2)24-23(26-30-25(31-33-26)19-7-5-4-6-8-19)18(3)32(27(34)29-24)22-13-11-21(28)12-14-22/h4-15,24H,1-3H3,(H,29,34). The lowest BCUT2D eigenvalue weighted by molar-refractivity contribution is 0.404. The number of allylic oxidation sites excluding steroid dienone is 1. The topological polar surface area (TPSA) is 54.2 Å². The van der Waals surface area contributed by atoms with E-state index in [1.54, 1.807) is 12.1 Å². The summed E-state index contributed by atoms with van der Waals surface area (Å²) in [6.07, 6.45) is 0. The number of aryl methyl sites for hydroxylation is 2. The van der Waals surface area contributed by atoms with Gasteiger partial charge in [0, 0.05) is 16.9 Å². The first-order valence-electron chi connectivity index (χ1n) is 11.0. The molecular formula is C27H23FN4OS. The molecule has 2 heterocycles. The third-order valence-electron chi connectivity index (χ3n) is 6.12. The number of nitrogens with zero attached hydrogens (tertiary/aromatic N) is 3. The Morgan fingerprint density at radius 1 is 0.941 bits per heavy atom. The zero-order valence-electron chi connectivity index (χ0n) is 19.0. The predicted octanol–water partition coefficient (Wildman–Crippen LogP) is 6.36. The van der Waals surface area contributed by atoms with Crippen LogP contribution < -0.4 is 10.2 Å². The molecule has 3 aromatic carbocycles. The van der Waals surface area contributed by atoms with E-state index < -0.39 is 0 Å². The van der Waals surface area contributed by atoms with Crippen molar-refractivity contribution in [1.29, 1.82) is 0 Å². The lowest BCUT2D eigenvalue weighted by Gasteiger charge is -2.37. The molecule has 1 aliphatic heterocycles. The summed E-state index contributed by atoms with van der Waals surface area (Å²) in [4.78, 5) is 6.60. The molecule has 0 saturated heterocycles. The summed E-state index contributed by atoms with van der Waals surface area (Å²) in [5.41, 5.74) is 6.69. The summed E-state index contributed by atoms with van der Waals surface area (Å²) in [7, 11) is 0. The quantitative estimate of drug-likeness (QED) is 0.350. The first-order valence-corrected chi connectivity index (χ1v) is 11.4. The van der Waals surface area contributed by atoms with Crippen LogP contribution in [0.3, 0.4) is 0 Å². The Kier molecular flexibility index (Phi) is 5.71. The molecule has 0 saturated carbocycles. The summed E-state index contributed by atoms with van der Waals surface area (Å²) in [6.45, 7) is 6.13. The molecule has 1 aliphatic rings. The molecule has 7 heteroatoms. The minimum absolute atomic E-state index is 0.285. The Labute approximate surface area is 202 Å². The van der Waals surface area contributed by atoms with E-state index in [1.807, 2.05) is 42.2 Å². The van der Waals surface area contributed by atoms with Gasteiger partial charge in [0.2, 0.25) is 5.82 Å². The highest BCUT2D eigenvalue weighted by Crippen LogP contribution is 2.39. The van der Waals surface area contributed by atoms with Crippen LogP contribution in [0.1, 0.15) is 35.5 Å². The van der Waals surface area contributed by atoms with Gasteiger partial charge >= 0.3 is 0 Å². The number of aromatic nitrogens is 2. The van der Waals surface area contributed by atoms with Crippen LogP contribution >= 0.6 is 12.2 Å². The number of halogens is 1. The number of thiocarbonyl (C=S) groups is 1. The van der Waals surface area contributed by atoms with E-state index in [4.69, 9.17) is 21.7 Å². The first kappa shape index (κ1) is 22.0. The lowest BCUT2D eigenvalue weighted by atomic mass is 9.92. The van der Waals surface area contributed by atoms with Gasteiger partial charge in [-0.2, -0.15) is 4.98 Å². The molecule has 4 aromatic rings. The van der Waals surface area contributed by atoms with E-state index in [2.05, 4.69) is 42.5 Å². The summed E-state index contributed by atoms with van der Waals surface area (Å²) < 4.78 is 19.4. The highest BCUT2D eigenvalue weighted by atomic mass is 32.1. The van der Waals surface area contributed by atoms with Crippen LogP contribution in [-0.2, 0) is 0 Å². The van der Waals surface area contributed by atoms with E-state index >= 15 is 0 Å². The summed E-state index contributed by atoms with van der Waals surface area (Å²) in [5.74, 6) is 0.608. The summed E-state index contributed by atoms with van der Waals surface area (Å²) >= 11 is 5.76. The lowest BCUT2D eigenvalue weighted by Crippen LogP contribution is -2.46. The van der Waals surface area contributed by atoms with E-state index in [0.29, 0.717) is 16.8 Å². The van der Waals surface area contributed by atoms with Crippen molar-refractivity contribution in [3.8, 4) is 11.4 Å². The molecule has 170 valence electrons. The monoisotopic (exact) mass is 470 g/mol. The van der Waals surface area contributed by atoms with Gasteiger partial charge in [-0.15, -0.1) is 0 Å². The Morgan fingerprint density at radius 2 is 1.68 bits per heavy atom. The summed E-state index contributed by atoms with van der Waals surface area (Å²) in [5, 5.41) is 8.20. The molecule has 0 aliphatic carbocycles. The maximum Gasteiger partial charge on any atom is 0.258 e. The minimum Gasteiger partial charge on any atom is -0.351 e. The molecular weight excluding hydrogens is 447 g/mol. The van der Waals surface area contributed by atoms with Crippen molar-refractivity contribution >= 4 is 28.6 Å². The highest BCUT2D eigenvalue weighted by molar-refractivity contribution is 7.80. The number of benzene rings is 3. The van der Waals surface area contributed by atoms with E-state index in [-0.39, 0.29) is 11.9 Å². The smallest absolute Gasteiger partial charge is 0.258 e. The molecule has 1 N–H and O–H groups in total. The van der Waals surface area contributed by atoms with Crippen LogP contribution in [0.5, 0.6) is 0 Å². The van der Waals surface area contributed by atoms with Crippen molar-refractivity contribution in [3.63, 3.8) is 0 Å². The first-order chi connectivity index (χ1) is 16.4. The fraction of sp³-hybridized carbons (Fsp3) is 0.148. The Morgan fingerprint density at radius 3 is 2.38 bits per heavy atom. The van der Waals surface area contributed by atoms with Gasteiger partial charge in [-0.25, -0.2) is 4.39 Å². The number of nitrogens with one attached hydrogen (secondary N) is 1. The average molecular weight is 471 g/mol. The summed E-state index contributed by atoms with van der Waals surface area (Å²) in [6, 6.07) is 22.0. The van der Waals surface area contributed by atoms with Crippen molar-refractivity contribution < 1.29 is 8.91 Å². The molecule has 0 amide bonds. The largest absolute Gasteiger partial charge is 0.351 e. The van der Waals surface area contributed by atoms with Gasteiger partial charge in [-0.3, -0.25) is 4.90 Å². The van der Waals surface area contributed by atoms with Crippen molar-refractivity contribution in [3.05, 3.63) is 107 Å². The SMILES string of the molecule is CC1=C(c2nc(-c3ccccc3)no2)C(c2ccc(C)c(C)c2)NC(=S)N1c1ccc(F)cc1. The zero-order valence-corrected chi connectivity index (χ0v) is 19.9. The maximum atomic E-state index is 13.6. The number of hydrogen-bond acceptors (Lipinski definition) is 4. The van der Waals surface area contributed by atoms with Crippen LogP contribution in [-0.4, -0.2) is 15.3 Å². The third kappa shape index (κ3) is 3.99. The zero-order chi connectivity index (χ0) is 23.8. The Hall–Kier alpha value is -3.84. The van der Waals surface area contributed by atoms with Gasteiger partial charge in [0.25, 0.3) is 5.89 Å².